The molecule has 0 bridgehead atoms. The lowest BCUT2D eigenvalue weighted by Gasteiger charge is -2.26. The van der Waals surface area contributed by atoms with Gasteiger partial charge in [0, 0.05) is 14.2 Å². The molecule has 8 heterocycles. The Labute approximate surface area is 400 Å². The van der Waals surface area contributed by atoms with Gasteiger partial charge in [0.2, 0.25) is 11.5 Å². The summed E-state index contributed by atoms with van der Waals surface area (Å²) in [6.45, 7) is -3.67. The molecule has 0 aromatic carbocycles. The van der Waals surface area contributed by atoms with E-state index in [4.69, 9.17) is 44.0 Å². The molecule has 12 atom stereocenters. The van der Waals surface area contributed by atoms with Crippen molar-refractivity contribution in [3.8, 4) is 0 Å². The standard InChI is InChI=1S/C31H43N15O22P4/c1-34-22-15-23(36-8-35-22)45(9-37-15)29-21(59-3)20(66-69(51,52)62-6-13-18(47)19(48)28(64-13)46-10-38-16-24(46)39-30(32)41-26(16)49)14(65-29)7-63-71(55,56)68-72(57,58)67-70(53,54)61-5-4-60-12-44-11-43(2)17-25(44)40-31(33)42-27(17)50/h8-11,13-14,18-21,28-29,47-48H,4-7,12H2,1-3H3,(H10-,32,33,34,35,36,39,40,41,42,49,50,51,52,53,54,55,56,57,58)/p+1/t13-,14-,18?,19+,20?,21+,28-,29-/m1/s1. The van der Waals surface area contributed by atoms with E-state index in [1.807, 2.05) is 0 Å². The molecule has 0 amide bonds. The summed E-state index contributed by atoms with van der Waals surface area (Å²) < 4.78 is 109. The Morgan fingerprint density at radius 2 is 1.39 bits per heavy atom. The van der Waals surface area contributed by atoms with Gasteiger partial charge in [-0.2, -0.15) is 13.6 Å². The zero-order valence-corrected chi connectivity index (χ0v) is 40.7. The Morgan fingerprint density at radius 3 is 2.10 bits per heavy atom. The minimum atomic E-state index is -6.04. The maximum Gasteiger partial charge on any atom is 0.490 e. The highest BCUT2D eigenvalue weighted by Gasteiger charge is 2.53. The van der Waals surface area contributed by atoms with Crippen molar-refractivity contribution < 1.29 is 98.3 Å². The van der Waals surface area contributed by atoms with Gasteiger partial charge in [-0.05, 0) is 0 Å². The predicted molar refractivity (Wildman–Crippen MR) is 234 cm³/mol. The molecule has 72 heavy (non-hydrogen) atoms. The molecule has 394 valence electrons. The van der Waals surface area contributed by atoms with Crippen LogP contribution in [0.4, 0.5) is 17.7 Å². The van der Waals surface area contributed by atoms with Gasteiger partial charge in [0.15, 0.2) is 48.1 Å². The van der Waals surface area contributed by atoms with E-state index >= 15 is 0 Å². The number of phosphoric ester groups is 3. The Bertz CT molecular complexity index is 3300. The number of nitrogens with one attached hydrogen (secondary N) is 3. The van der Waals surface area contributed by atoms with Gasteiger partial charge in [-0.3, -0.25) is 51.4 Å². The third-order valence-electron chi connectivity index (χ3n) is 10.5. The summed E-state index contributed by atoms with van der Waals surface area (Å²) in [6, 6.07) is 0. The number of aryl methyl sites for hydroxylation is 1. The van der Waals surface area contributed by atoms with Crippen LogP contribution in [0.1, 0.15) is 12.5 Å². The summed E-state index contributed by atoms with van der Waals surface area (Å²) in [4.78, 5) is 95.6. The number of hydrogen-bond donors (Lipinski definition) is 11. The maximum absolute atomic E-state index is 13.7. The number of hydrogen-bond acceptors (Lipinski definition) is 27. The van der Waals surface area contributed by atoms with Gasteiger partial charge in [0.1, 0.15) is 48.5 Å². The summed E-state index contributed by atoms with van der Waals surface area (Å²) in [7, 11) is -18.7. The maximum atomic E-state index is 13.7. The Morgan fingerprint density at radius 1 is 0.764 bits per heavy atom. The van der Waals surface area contributed by atoms with Crippen molar-refractivity contribution >= 4 is 82.5 Å². The number of nitrogen functional groups attached to an aromatic ring is 2. The van der Waals surface area contributed by atoms with Gasteiger partial charge >= 0.3 is 36.9 Å². The monoisotopic (exact) mass is 1100 g/mol. The smallest absolute Gasteiger partial charge is 0.387 e. The fourth-order valence-corrected chi connectivity index (χ4v) is 12.0. The molecular formula is C31H44N15O22P4+. The van der Waals surface area contributed by atoms with Crippen LogP contribution in [0.2, 0.25) is 0 Å². The number of nitrogens with two attached hydrogens (primary N) is 2. The highest BCUT2D eigenvalue weighted by Crippen LogP contribution is 2.68. The topological polar surface area (TPSA) is 508 Å². The van der Waals surface area contributed by atoms with Crippen LogP contribution in [0.5, 0.6) is 0 Å². The van der Waals surface area contributed by atoms with Crippen LogP contribution in [0.15, 0.2) is 34.9 Å². The van der Waals surface area contributed by atoms with E-state index in [2.05, 4.69) is 58.3 Å². The van der Waals surface area contributed by atoms with Crippen molar-refractivity contribution in [1.29, 1.82) is 0 Å². The quantitative estimate of drug-likeness (QED) is 0.0185. The first-order chi connectivity index (χ1) is 33.9. The number of methoxy groups -OCH3 is 1. The number of phosphoric acid groups is 4. The average Bonchev–Trinajstić information content (AvgIpc) is 4.11. The number of imidazole rings is 3. The predicted octanol–water partition coefficient (Wildman–Crippen LogP) is -2.90. The number of fused-ring (bicyclic) bond motifs is 3. The summed E-state index contributed by atoms with van der Waals surface area (Å²) in [5.41, 5.74) is 10.3. The normalized spacial score (nSPS) is 26.0. The first kappa shape index (κ1) is 53.2. The minimum Gasteiger partial charge on any atom is -0.387 e. The highest BCUT2D eigenvalue weighted by molar-refractivity contribution is 7.66. The van der Waals surface area contributed by atoms with Crippen LogP contribution in [0.25, 0.3) is 33.5 Å². The summed E-state index contributed by atoms with van der Waals surface area (Å²) in [5.74, 6) is -0.211. The van der Waals surface area contributed by atoms with Crippen LogP contribution in [0, 0.1) is 0 Å². The number of rotatable bonds is 22. The van der Waals surface area contributed by atoms with E-state index < -0.39 is 118 Å². The van der Waals surface area contributed by atoms with E-state index in [0.717, 1.165) is 18.0 Å². The van der Waals surface area contributed by atoms with Crippen LogP contribution >= 0.6 is 31.3 Å². The van der Waals surface area contributed by atoms with E-state index in [1.165, 1.54) is 32.7 Å². The first-order valence-corrected chi connectivity index (χ1v) is 26.3. The second kappa shape index (κ2) is 20.7. The number of anilines is 3. The molecule has 2 fully saturated rings. The van der Waals surface area contributed by atoms with Crippen molar-refractivity contribution in [3.63, 3.8) is 0 Å². The molecule has 0 radical (unpaired) electrons. The number of H-pyrrole nitrogens is 2. The first-order valence-electron chi connectivity index (χ1n) is 20.4. The fourth-order valence-electron chi connectivity index (χ4n) is 7.51. The molecular weight excluding hydrogens is 1060 g/mol. The summed E-state index contributed by atoms with van der Waals surface area (Å²) in [6.07, 6.45) is -8.18. The molecule has 2 saturated heterocycles. The zero-order valence-electron chi connectivity index (χ0n) is 37.1. The lowest BCUT2D eigenvalue weighted by Crippen LogP contribution is -2.38. The molecule has 6 aromatic heterocycles. The molecule has 2 aliphatic rings. The molecule has 0 saturated carbocycles. The van der Waals surface area contributed by atoms with E-state index in [-0.39, 0.29) is 57.9 Å². The zero-order chi connectivity index (χ0) is 52.1. The number of ether oxygens (including phenoxy) is 4. The van der Waals surface area contributed by atoms with E-state index in [0.29, 0.717) is 0 Å². The van der Waals surface area contributed by atoms with Crippen molar-refractivity contribution in [1.82, 2.24) is 53.6 Å². The molecule has 41 heteroatoms. The van der Waals surface area contributed by atoms with Crippen LogP contribution in [0.3, 0.4) is 0 Å². The lowest BCUT2D eigenvalue weighted by molar-refractivity contribution is -0.711. The summed E-state index contributed by atoms with van der Waals surface area (Å²) >= 11 is 0. The molecule has 6 unspecified atom stereocenters. The number of aliphatic hydroxyl groups is 2. The Balaban J connectivity index is 0.920. The molecule has 6 aromatic rings. The number of aliphatic hydroxyl groups excluding tert-OH is 2. The molecule has 37 nitrogen and oxygen atoms in total. The van der Waals surface area contributed by atoms with Gasteiger partial charge in [0.25, 0.3) is 17.1 Å². The second-order valence-corrected chi connectivity index (χ2v) is 21.3. The van der Waals surface area contributed by atoms with Crippen molar-refractivity contribution in [2.75, 3.05) is 57.4 Å². The Hall–Kier alpha value is -5.07. The molecule has 13 N–H and O–H groups in total. The van der Waals surface area contributed by atoms with Gasteiger partial charge in [-0.1, -0.05) is 4.98 Å². The second-order valence-electron chi connectivity index (χ2n) is 15.3. The van der Waals surface area contributed by atoms with Crippen LogP contribution in [-0.2, 0) is 77.7 Å². The molecule has 0 aliphatic carbocycles. The van der Waals surface area contributed by atoms with E-state index in [9.17, 15) is 57.6 Å². The highest BCUT2D eigenvalue weighted by atomic mass is 31.3. The van der Waals surface area contributed by atoms with Crippen LogP contribution in [-0.4, -0.2) is 161 Å². The molecule has 2 aliphatic heterocycles. The van der Waals surface area contributed by atoms with Crippen molar-refractivity contribution in [2.24, 2.45) is 7.05 Å². The SMILES string of the molecule is CNc1ncnc2c1ncn2[C@@H]1O[C@H](COP(=O)(O)OP(=O)(O)OP(=O)(O)OCCOC[n+]2cn(C)c3c(=O)[nH]c(N)nc32)C(OP(=O)(O)OC[C@H]2O[C@@H](n3cnc4c(=O)[nH]c(N)nc43)[C@@H](O)C2O)[C@@H]1OC. The molecule has 8 rings (SSSR count). The third-order valence-corrected chi connectivity index (χ3v) is 15.8. The van der Waals surface area contributed by atoms with Crippen molar-refractivity contribution in [2.45, 2.75) is 55.8 Å². The van der Waals surface area contributed by atoms with Gasteiger partial charge in [-0.25, -0.2) is 42.8 Å². The van der Waals surface area contributed by atoms with Gasteiger partial charge < -0.3 is 65.5 Å². The average molecular weight is 1100 g/mol. The number of nitrogens with zero attached hydrogens (tertiary/aromatic N) is 10. The van der Waals surface area contributed by atoms with Crippen LogP contribution < -0.4 is 32.5 Å². The fraction of sp³-hybridized carbons (Fsp3) is 0.516. The lowest BCUT2D eigenvalue weighted by atomic mass is 10.1. The summed E-state index contributed by atoms with van der Waals surface area (Å²) in [5, 5.41) is 24.5. The number of aromatic nitrogens is 12. The van der Waals surface area contributed by atoms with E-state index in [1.54, 1.807) is 14.1 Å². The third kappa shape index (κ3) is 11.3. The van der Waals surface area contributed by atoms with Crippen molar-refractivity contribution in [3.05, 3.63) is 46.0 Å². The Kier molecular flexibility index (Phi) is 15.3. The minimum absolute atomic E-state index is 0.111. The van der Waals surface area contributed by atoms with Gasteiger partial charge in [0.05, 0.1) is 46.1 Å². The largest absolute Gasteiger partial charge is 0.490 e. The molecule has 0 spiro atoms. The van der Waals surface area contributed by atoms with Gasteiger partial charge in [-0.15, -0.1) is 0 Å². The number of aromatic amines is 2.